The molecule has 7 aliphatic heterocycles. The zero-order valence-corrected chi connectivity index (χ0v) is 74.6. The van der Waals surface area contributed by atoms with Crippen molar-refractivity contribution >= 4 is 102 Å². The summed E-state index contributed by atoms with van der Waals surface area (Å²) in [5, 5.41) is 13.9. The Morgan fingerprint density at radius 1 is 0.593 bits per heavy atom. The van der Waals surface area contributed by atoms with E-state index >= 15 is 0 Å². The van der Waals surface area contributed by atoms with Crippen LogP contribution in [0.15, 0.2) is 97.1 Å². The summed E-state index contributed by atoms with van der Waals surface area (Å²) < 4.78 is 90.0. The third-order valence-corrected chi connectivity index (χ3v) is 31.3. The number of likely N-dealkylation sites (tertiary alicyclic amines) is 2. The second-order valence-corrected chi connectivity index (χ2v) is 37.7. The molecule has 646 valence electrons. The zero-order chi connectivity index (χ0) is 86.1. The van der Waals surface area contributed by atoms with E-state index in [0.29, 0.717) is 115 Å². The van der Waals surface area contributed by atoms with Crippen LogP contribution in [-0.2, 0) is 71.6 Å². The molecule has 4 aromatic carbocycles. The van der Waals surface area contributed by atoms with E-state index in [1.165, 1.54) is 44.8 Å². The lowest BCUT2D eigenvalue weighted by Crippen LogP contribution is -2.56. The van der Waals surface area contributed by atoms with Gasteiger partial charge in [0.25, 0.3) is 0 Å². The molecule has 27 nitrogen and oxygen atoms in total. The van der Waals surface area contributed by atoms with Gasteiger partial charge in [0.1, 0.15) is 30.9 Å². The smallest absolute Gasteiger partial charge is 0.345 e. The molecule has 0 unspecified atom stereocenters. The number of alkyl halides is 1. The van der Waals surface area contributed by atoms with Crippen LogP contribution in [0.1, 0.15) is 123 Å². The standard InChI is InChI=1S/C34H40ClN7O3.C30H35ClN6O.C9H21O6P3.C6H15N.C5H8O3.CH3F/c1-36-20-26-21-41(17-18-42(26)31(43)13-7-19-44-3)33-27-14-16-40(30-12-5-9-24-8-4-11-28(35)32(24)30)22-29(27)37-34(38-33)45-23-25-10-6-15-39(25)2;1-32-17-21-7-5-15-37(18-21)29-24-13-16-36(27-12-4-9-22-8-3-11-25(31)28(22)27)19-26(24)33-30(34-29)38-20-23-10-6-14-35(23)2;1-4-7-16(10)13-17(11,8-5-2)15-18(12,14-16)9-6-3;1-4-7(5-2)6-3;1-8-4-2-3-5(6)7;1-2/h4-5,7-9,11-13,25-26H,6,10,14-23H2,2-3H3;3-4,8-9,11-12,21,23H,5-7,10,13-20H2,2H3;4-9H2,1-3H3;4-6H2,1-3H3;2-3H,4H2,1H3,(H,6,7);1H3/b13-7+;;;;3-2+;/t25-,26-;21-,23-;;;;/m00..../s1/i;;;;;1D. The lowest BCUT2D eigenvalue weighted by Gasteiger charge is -2.41. The van der Waals surface area contributed by atoms with Crippen LogP contribution in [-0.4, -0.2) is 247 Å². The van der Waals surface area contributed by atoms with E-state index in [-0.39, 0.29) is 37.0 Å². The molecule has 0 bridgehead atoms. The summed E-state index contributed by atoms with van der Waals surface area (Å²) in [5.41, 5.74) is 6.53. The molecule has 118 heavy (non-hydrogen) atoms. The van der Waals surface area contributed by atoms with Crippen LogP contribution in [0, 0.1) is 19.1 Å². The van der Waals surface area contributed by atoms with Crippen molar-refractivity contribution in [3.63, 3.8) is 0 Å². The molecule has 33 heteroatoms. The van der Waals surface area contributed by atoms with Gasteiger partial charge in [0.2, 0.25) is 19.0 Å². The molecule has 0 saturated carbocycles. The molecule has 5 saturated heterocycles. The summed E-state index contributed by atoms with van der Waals surface area (Å²) in [5.74, 6) is 1.21. The third-order valence-electron chi connectivity index (χ3n) is 21.7. The molecular formula is C85H122Cl2FN14O13P3. The normalized spacial score (nSPS) is 22.6. The van der Waals surface area contributed by atoms with E-state index in [1.807, 2.05) is 24.3 Å². The highest BCUT2D eigenvalue weighted by atomic mass is 35.5. The predicted octanol–water partition coefficient (Wildman–Crippen LogP) is 17.0. The number of fused-ring (bicyclic) bond motifs is 4. The first-order valence-electron chi connectivity index (χ1n) is 41.9. The summed E-state index contributed by atoms with van der Waals surface area (Å²) in [6.07, 6.45) is 16.1. The van der Waals surface area contributed by atoms with Gasteiger partial charge in [-0.3, -0.25) is 22.9 Å². The Kier molecular flexibility index (Phi) is 38.7. The summed E-state index contributed by atoms with van der Waals surface area (Å²) >= 11 is 13.4. The number of piperazine rings is 1. The zero-order valence-electron chi connectivity index (χ0n) is 71.4. The molecule has 1 amide bonds. The van der Waals surface area contributed by atoms with Crippen LogP contribution in [0.5, 0.6) is 12.0 Å². The van der Waals surface area contributed by atoms with E-state index in [0.717, 1.165) is 162 Å². The topological polar surface area (TPSA) is 256 Å². The SMILES string of the molecule is CCCP1(=O)OP(=O)(CCC)OP(=O)(CCC)O1.CCN(CC)CC.COC/C=C/C(=O)O.[2H]CF.[C-]#[N+]C[C@@H]1CCCN(c2nc(OC[C@@H]3CCCN3C)nc3c2CCN(c2cccc4cccc(Cl)c24)C3)C1.[C-]#[N+]C[C@H]1CN(c2nc(OC[C@@H]3CCCN3C)nc3c2CCN(c2cccc4cccc(Cl)c24)C3)CCN1C(=O)/C=C/COC. The van der Waals surface area contributed by atoms with Gasteiger partial charge in [0.05, 0.1) is 74.7 Å². The number of methoxy groups -OCH3 is 2. The van der Waals surface area contributed by atoms with Crippen molar-refractivity contribution in [3.8, 4) is 12.0 Å². The Balaban J connectivity index is 0.000000213. The molecule has 4 atom stereocenters. The molecule has 0 aliphatic carbocycles. The average Bonchev–Trinajstić information content (AvgIpc) is 1.42. The van der Waals surface area contributed by atoms with E-state index in [9.17, 15) is 27.7 Å². The Morgan fingerprint density at radius 3 is 1.42 bits per heavy atom. The number of benzene rings is 4. The second kappa shape index (κ2) is 48.3. The number of likely N-dealkylation sites (N-methyl/N-ethyl adjacent to an activating group) is 2. The van der Waals surface area contributed by atoms with Crippen LogP contribution >= 0.6 is 46.0 Å². The highest BCUT2D eigenvalue weighted by molar-refractivity contribution is 7.80. The maximum absolute atomic E-state index is 13.0. The van der Waals surface area contributed by atoms with Crippen molar-refractivity contribution in [1.82, 2.24) is 39.5 Å². The highest BCUT2D eigenvalue weighted by Crippen LogP contribution is 2.82. The number of hydrogen-bond donors (Lipinski definition) is 1. The number of carboxylic acid groups (broad SMARTS) is 1. The first-order valence-corrected chi connectivity index (χ1v) is 47.1. The minimum Gasteiger partial charge on any atom is -0.478 e. The van der Waals surface area contributed by atoms with Crippen LogP contribution < -0.4 is 29.1 Å². The van der Waals surface area contributed by atoms with Gasteiger partial charge >= 0.3 is 40.8 Å². The van der Waals surface area contributed by atoms with Crippen LogP contribution in [0.2, 0.25) is 10.0 Å². The van der Waals surface area contributed by atoms with Crippen molar-refractivity contribution in [2.45, 2.75) is 143 Å². The fourth-order valence-corrected chi connectivity index (χ4v) is 25.6. The maximum Gasteiger partial charge on any atom is 0.345 e. The molecule has 9 heterocycles. The Labute approximate surface area is 709 Å². The Hall–Kier alpha value is -7.36. The quantitative estimate of drug-likeness (QED) is 0.0285. The Morgan fingerprint density at radius 2 is 1.03 bits per heavy atom. The van der Waals surface area contributed by atoms with E-state index < -0.39 is 35.9 Å². The number of nitrogens with zero attached hydrogens (tertiary/aromatic N) is 14. The lowest BCUT2D eigenvalue weighted by atomic mass is 9.96. The van der Waals surface area contributed by atoms with Gasteiger partial charge in [-0.1, -0.05) is 125 Å². The number of piperidine rings is 1. The third kappa shape index (κ3) is 27.1. The number of halogens is 3. The van der Waals surface area contributed by atoms with Crippen LogP contribution in [0.3, 0.4) is 0 Å². The summed E-state index contributed by atoms with van der Waals surface area (Å²) in [6.45, 7) is 41.8. The largest absolute Gasteiger partial charge is 0.478 e. The maximum atomic E-state index is 13.0. The summed E-state index contributed by atoms with van der Waals surface area (Å²) in [6, 6.07) is 26.1. The molecule has 0 spiro atoms. The number of ether oxygens (including phenoxy) is 4. The monoisotopic (exact) mass is 1730 g/mol. The molecule has 1 N–H and O–H groups in total. The summed E-state index contributed by atoms with van der Waals surface area (Å²) in [7, 11) is -4.30. The van der Waals surface area contributed by atoms with Gasteiger partial charge < -0.3 is 72.9 Å². The van der Waals surface area contributed by atoms with Crippen molar-refractivity contribution in [3.05, 3.63) is 152 Å². The molecule has 2 aromatic heterocycles. The first kappa shape index (κ1) is 94.5. The first-order chi connectivity index (χ1) is 57.4. The van der Waals surface area contributed by atoms with Crippen molar-refractivity contribution in [2.24, 2.45) is 5.92 Å². The fourth-order valence-electron chi connectivity index (χ4n) is 15.7. The van der Waals surface area contributed by atoms with E-state index in [2.05, 4.69) is 132 Å². The number of aliphatic carboxylic acids is 1. The molecular weight excluding hydrogens is 1610 g/mol. The number of anilines is 4. The van der Waals surface area contributed by atoms with Gasteiger partial charge in [-0.25, -0.2) is 30.9 Å². The van der Waals surface area contributed by atoms with Crippen molar-refractivity contribution < 1.29 is 66.0 Å². The number of rotatable bonds is 27. The minimum atomic E-state index is -3.57. The van der Waals surface area contributed by atoms with Gasteiger partial charge in [0, 0.05) is 123 Å². The van der Waals surface area contributed by atoms with Crippen molar-refractivity contribution in [2.75, 3.05) is 192 Å². The fraction of sp³-hybridized carbons (Fsp3) is 0.576. The second-order valence-electron chi connectivity index (χ2n) is 29.9. The highest BCUT2D eigenvalue weighted by Gasteiger charge is 2.51. The minimum absolute atomic E-state index is 0.0980. The van der Waals surface area contributed by atoms with E-state index in [1.54, 1.807) is 44.9 Å². The van der Waals surface area contributed by atoms with Crippen LogP contribution in [0.4, 0.5) is 27.4 Å². The molecule has 5 fully saturated rings. The van der Waals surface area contributed by atoms with Gasteiger partial charge in [0.15, 0.2) is 0 Å². The van der Waals surface area contributed by atoms with Gasteiger partial charge in [-0.15, -0.1) is 0 Å². The number of carboxylic acids is 1. The molecule has 6 aromatic rings. The predicted molar refractivity (Wildman–Crippen MR) is 471 cm³/mol. The van der Waals surface area contributed by atoms with Gasteiger partial charge in [-0.05, 0) is 152 Å². The van der Waals surface area contributed by atoms with Crippen molar-refractivity contribution in [1.29, 1.82) is 0 Å². The number of hydrogen-bond acceptors (Lipinski definition) is 23. The average molecular weight is 1730 g/mol. The Bertz CT molecular complexity index is 4470. The number of aromatic nitrogens is 4. The number of carbonyl (C=O) groups is 2. The van der Waals surface area contributed by atoms with Gasteiger partial charge in [-0.2, -0.15) is 19.9 Å². The molecule has 0 radical (unpaired) electrons. The molecule has 13 rings (SSSR count). The number of amides is 1. The molecule has 7 aliphatic rings. The van der Waals surface area contributed by atoms with Crippen LogP contribution in [0.25, 0.3) is 31.2 Å². The van der Waals surface area contributed by atoms with E-state index in [4.69, 9.17) is 89.9 Å². The number of carbonyl (C=O) groups excluding carboxylic acids is 1. The lowest BCUT2D eigenvalue weighted by molar-refractivity contribution is -0.131. The summed E-state index contributed by atoms with van der Waals surface area (Å²) in [4.78, 5) is 68.3.